The van der Waals surface area contributed by atoms with Gasteiger partial charge in [0.25, 0.3) is 0 Å². The van der Waals surface area contributed by atoms with Gasteiger partial charge >= 0.3 is 0 Å². The van der Waals surface area contributed by atoms with Gasteiger partial charge in [-0.1, -0.05) is 24.0 Å². The third kappa shape index (κ3) is 6.63. The molecule has 58 heavy (non-hydrogen) atoms. The van der Waals surface area contributed by atoms with Gasteiger partial charge in [0, 0.05) is 47.9 Å². The Hall–Kier alpha value is -5.22. The van der Waals surface area contributed by atoms with Crippen LogP contribution in [0.15, 0.2) is 60.8 Å². The van der Waals surface area contributed by atoms with Crippen molar-refractivity contribution in [1.29, 1.82) is 0 Å². The number of H-pyrrole nitrogens is 1. The predicted molar refractivity (Wildman–Crippen MR) is 221 cm³/mol. The topological polar surface area (TPSA) is 158 Å². The zero-order chi connectivity index (χ0) is 40.0. The molecule has 11 nitrogen and oxygen atoms in total. The van der Waals surface area contributed by atoms with E-state index in [-0.39, 0.29) is 50.1 Å². The highest BCUT2D eigenvalue weighted by Crippen LogP contribution is 2.58. The largest absolute Gasteiger partial charge is 0.508 e. The van der Waals surface area contributed by atoms with Crippen molar-refractivity contribution in [2.24, 2.45) is 0 Å². The number of aromatic amines is 1. The van der Waals surface area contributed by atoms with E-state index >= 15 is 0 Å². The summed E-state index contributed by atoms with van der Waals surface area (Å²) < 4.78 is 27.5. The van der Waals surface area contributed by atoms with Crippen molar-refractivity contribution in [1.82, 2.24) is 15.6 Å². The second kappa shape index (κ2) is 15.9. The summed E-state index contributed by atoms with van der Waals surface area (Å²) >= 11 is 0. The van der Waals surface area contributed by atoms with Crippen molar-refractivity contribution in [2.45, 2.75) is 81.1 Å². The third-order valence-corrected chi connectivity index (χ3v) is 12.4. The number of ether oxygens (including phenoxy) is 4. The van der Waals surface area contributed by atoms with E-state index < -0.39 is 17.7 Å². The fourth-order valence-electron chi connectivity index (χ4n) is 9.73. The summed E-state index contributed by atoms with van der Waals surface area (Å²) in [7, 11) is 3.75. The van der Waals surface area contributed by atoms with Crippen LogP contribution in [0.25, 0.3) is 22.0 Å². The minimum Gasteiger partial charge on any atom is -0.508 e. The van der Waals surface area contributed by atoms with Crippen molar-refractivity contribution in [3.8, 4) is 51.7 Å². The maximum atomic E-state index is 11.4. The van der Waals surface area contributed by atoms with Gasteiger partial charge in [0.2, 0.25) is 0 Å². The van der Waals surface area contributed by atoms with E-state index in [1.807, 2.05) is 44.6 Å². The highest BCUT2D eigenvalue weighted by Gasteiger charge is 2.54. The van der Waals surface area contributed by atoms with Crippen LogP contribution in [0.4, 0.5) is 0 Å². The van der Waals surface area contributed by atoms with Gasteiger partial charge in [-0.25, -0.2) is 0 Å². The molecule has 2 bridgehead atoms. The summed E-state index contributed by atoms with van der Waals surface area (Å²) in [4.78, 5) is 3.30. The molecule has 0 saturated heterocycles. The van der Waals surface area contributed by atoms with Gasteiger partial charge < -0.3 is 49.7 Å². The first kappa shape index (κ1) is 38.3. The van der Waals surface area contributed by atoms with Gasteiger partial charge in [0.1, 0.15) is 35.0 Å². The minimum absolute atomic E-state index is 0.00982. The van der Waals surface area contributed by atoms with Crippen molar-refractivity contribution in [3.63, 3.8) is 0 Å². The first-order chi connectivity index (χ1) is 28.3. The van der Waals surface area contributed by atoms with E-state index in [0.29, 0.717) is 62.0 Å². The van der Waals surface area contributed by atoms with Crippen molar-refractivity contribution < 1.29 is 39.4 Å². The maximum Gasteiger partial charge on any atom is 0.161 e. The molecule has 5 aromatic rings. The molecule has 11 heteroatoms. The summed E-state index contributed by atoms with van der Waals surface area (Å²) in [5.74, 6) is 8.90. The van der Waals surface area contributed by atoms with Crippen LogP contribution < -0.4 is 24.8 Å². The molecule has 0 amide bonds. The van der Waals surface area contributed by atoms with Crippen LogP contribution in [-0.2, 0) is 36.8 Å². The Bertz CT molecular complexity index is 2410. The summed E-state index contributed by atoms with van der Waals surface area (Å²) in [6.07, 6.45) is 5.27. The summed E-state index contributed by atoms with van der Waals surface area (Å²) in [6, 6.07) is 17.6. The Morgan fingerprint density at radius 3 is 2.71 bits per heavy atom. The summed E-state index contributed by atoms with van der Waals surface area (Å²) in [5.41, 5.74) is 8.70. The highest BCUT2D eigenvalue weighted by atomic mass is 16.6. The monoisotopic (exact) mass is 785 g/mol. The number of hydrogen-bond acceptors (Lipinski definition) is 10. The number of nitrogens with one attached hydrogen (secondary N) is 3. The van der Waals surface area contributed by atoms with Gasteiger partial charge in [-0.15, -0.1) is 0 Å². The molecule has 9 rings (SSSR count). The van der Waals surface area contributed by atoms with E-state index in [0.717, 1.165) is 62.0 Å². The van der Waals surface area contributed by atoms with E-state index in [2.05, 4.69) is 51.7 Å². The number of aromatic hydroxyl groups is 2. The Morgan fingerprint density at radius 1 is 0.983 bits per heavy atom. The van der Waals surface area contributed by atoms with Gasteiger partial charge in [-0.3, -0.25) is 5.32 Å². The molecule has 5 atom stereocenters. The maximum absolute atomic E-state index is 11.4. The molecule has 4 aliphatic rings. The van der Waals surface area contributed by atoms with Crippen LogP contribution in [0.3, 0.4) is 0 Å². The number of rotatable bonds is 10. The van der Waals surface area contributed by atoms with Crippen LogP contribution >= 0.6 is 0 Å². The molecule has 4 heterocycles. The first-order valence-electron chi connectivity index (χ1n) is 20.4. The van der Waals surface area contributed by atoms with Crippen molar-refractivity contribution in [2.75, 3.05) is 40.6 Å². The van der Waals surface area contributed by atoms with Crippen LogP contribution in [0.1, 0.15) is 70.2 Å². The lowest BCUT2D eigenvalue weighted by atomic mass is 9.69. The van der Waals surface area contributed by atoms with Crippen molar-refractivity contribution >= 4 is 10.9 Å². The molecule has 302 valence electrons. The third-order valence-electron chi connectivity index (χ3n) is 12.4. The molecule has 3 aliphatic heterocycles. The van der Waals surface area contributed by atoms with Gasteiger partial charge in [-0.2, -0.15) is 0 Å². The average Bonchev–Trinajstić information content (AvgIpc) is 3.71. The second-order valence-corrected chi connectivity index (χ2v) is 16.0. The number of aliphatic hydroxyl groups excluding tert-OH is 2. The number of aryl methyl sites for hydroxylation is 1. The normalized spacial score (nSPS) is 23.0. The van der Waals surface area contributed by atoms with E-state index in [1.165, 1.54) is 5.56 Å². The van der Waals surface area contributed by atoms with Crippen LogP contribution in [0.5, 0.6) is 28.7 Å². The molecule has 0 saturated carbocycles. The zero-order valence-electron chi connectivity index (χ0n) is 33.0. The van der Waals surface area contributed by atoms with E-state index in [4.69, 9.17) is 18.9 Å². The van der Waals surface area contributed by atoms with Gasteiger partial charge in [0.15, 0.2) is 17.6 Å². The molecular formula is C47H51N3O8. The zero-order valence-corrected chi connectivity index (χ0v) is 33.0. The number of benzene rings is 4. The van der Waals surface area contributed by atoms with Crippen molar-refractivity contribution in [3.05, 3.63) is 99.7 Å². The number of hydrogen-bond donors (Lipinski definition) is 7. The van der Waals surface area contributed by atoms with Crippen LogP contribution in [-0.4, -0.2) is 83.8 Å². The quantitative estimate of drug-likeness (QED) is 0.0691. The molecular weight excluding hydrogens is 735 g/mol. The number of phenols is 2. The van der Waals surface area contributed by atoms with E-state index in [9.17, 15) is 20.4 Å². The molecule has 1 aliphatic carbocycles. The smallest absolute Gasteiger partial charge is 0.161 e. The SMILES string of the molecule is CNCO[C@]12Cc3c4c(c5c(c3O[C@@H]1c1cc(CCCO)c(O)c(c1)OCCC#C[C@H]2NC)CC[C@@H](CO)O5)-c1ccc(O)cc1[C@H](Cc1ccc2[nH]ccc2c1)C4. The first-order valence-corrected chi connectivity index (χ1v) is 20.4. The second-order valence-electron chi connectivity index (χ2n) is 16.0. The number of fused-ring (bicyclic) bond motifs is 13. The lowest BCUT2D eigenvalue weighted by Crippen LogP contribution is -2.60. The Balaban J connectivity index is 1.28. The highest BCUT2D eigenvalue weighted by molar-refractivity contribution is 5.85. The molecule has 0 unspecified atom stereocenters. The number of phenolic OH excluding ortho intramolecular Hbond substituents is 2. The van der Waals surface area contributed by atoms with Gasteiger partial charge in [-0.05, 0) is 140 Å². The molecule has 1 aromatic heterocycles. The molecule has 0 spiro atoms. The average molecular weight is 786 g/mol. The Labute approximate surface area is 338 Å². The summed E-state index contributed by atoms with van der Waals surface area (Å²) in [5, 5.41) is 50.4. The number of aliphatic hydroxyl groups is 2. The fraction of sp³-hybridized carbons (Fsp3) is 0.404. The Morgan fingerprint density at radius 2 is 1.88 bits per heavy atom. The Kier molecular flexibility index (Phi) is 10.5. The lowest BCUT2D eigenvalue weighted by molar-refractivity contribution is -0.140. The van der Waals surface area contributed by atoms with Gasteiger partial charge in [0.05, 0.1) is 19.9 Å². The minimum atomic E-state index is -1.08. The molecule has 4 aromatic carbocycles. The number of aromatic nitrogens is 1. The van der Waals surface area contributed by atoms with E-state index in [1.54, 1.807) is 6.07 Å². The number of likely N-dealkylation sites (N-methyl/N-ethyl adjacent to an activating group) is 1. The van der Waals surface area contributed by atoms with Crippen LogP contribution in [0, 0.1) is 11.8 Å². The predicted octanol–water partition coefficient (Wildman–Crippen LogP) is 5.72. The van der Waals surface area contributed by atoms with Crippen LogP contribution in [0.2, 0.25) is 0 Å². The molecule has 7 N–H and O–H groups in total. The standard InChI is InChI=1S/C47H51N3O8/c1-48-26-56-47-24-38-37-21-30(19-27-8-13-39-28(18-27)14-15-50-39)36-23-32(53)9-11-34(36)42(37)45-35(12-10-33(25-52)57-45)44(38)58-46(47)31-20-29(6-5-16-51)43(54)40(22-31)55-17-4-3-7-41(47)49-2/h8-9,11,13-15,18,20,22-23,30,33,41,46,48-54H,4-6,10,12,16-17,19,21,24-26H2,1-2H3/t30-,33+,41-,46-,47+/m1/s1. The molecule has 0 radical (unpaired) electrons. The molecule has 0 fully saturated rings. The lowest BCUT2D eigenvalue weighted by Gasteiger charge is -2.49. The fourth-order valence-corrected chi connectivity index (χ4v) is 9.73. The summed E-state index contributed by atoms with van der Waals surface area (Å²) in [6.45, 7) is 0.370.